The van der Waals surface area contributed by atoms with Crippen molar-refractivity contribution in [2.24, 2.45) is 0 Å². The quantitative estimate of drug-likeness (QED) is 0.871. The van der Waals surface area contributed by atoms with E-state index < -0.39 is 0 Å². The molecule has 22 heavy (non-hydrogen) atoms. The Bertz CT molecular complexity index is 473. The van der Waals surface area contributed by atoms with Crippen LogP contribution in [0, 0.1) is 0 Å². The Balaban J connectivity index is 1.90. The molecule has 0 saturated carbocycles. The number of furan rings is 1. The molecule has 0 radical (unpaired) electrons. The third-order valence-electron chi connectivity index (χ3n) is 3.81. The number of carbonyl (C=O) groups excluding carboxylic acids is 2. The molecule has 1 aromatic rings. The number of ether oxygens (including phenoxy) is 1. The van der Waals surface area contributed by atoms with Gasteiger partial charge in [0.2, 0.25) is 11.8 Å². The summed E-state index contributed by atoms with van der Waals surface area (Å²) in [6.45, 7) is 1.08. The smallest absolute Gasteiger partial charge is 0.240 e. The maximum absolute atomic E-state index is 12.2. The van der Waals surface area contributed by atoms with Crippen LogP contribution in [0.1, 0.15) is 43.9 Å². The van der Waals surface area contributed by atoms with Crippen molar-refractivity contribution in [1.29, 1.82) is 0 Å². The topological polar surface area (TPSA) is 71.8 Å². The lowest BCUT2D eigenvalue weighted by atomic mass is 10.1. The van der Waals surface area contributed by atoms with Crippen LogP contribution in [0.5, 0.6) is 0 Å². The highest BCUT2D eigenvalue weighted by Gasteiger charge is 2.21. The van der Waals surface area contributed by atoms with E-state index >= 15 is 0 Å². The molecule has 1 aliphatic rings. The SMILES string of the molecule is COCC(NC(=O)CN1CCCCCCC1=O)c1ccco1. The highest BCUT2D eigenvalue weighted by molar-refractivity contribution is 5.85. The van der Waals surface area contributed by atoms with Crippen molar-refractivity contribution in [2.45, 2.75) is 38.1 Å². The van der Waals surface area contributed by atoms with E-state index in [1.54, 1.807) is 30.4 Å². The summed E-state index contributed by atoms with van der Waals surface area (Å²) in [5, 5.41) is 2.87. The van der Waals surface area contributed by atoms with Crippen molar-refractivity contribution in [3.05, 3.63) is 24.2 Å². The maximum atomic E-state index is 12.2. The van der Waals surface area contributed by atoms with Crippen LogP contribution in [0.15, 0.2) is 22.8 Å². The fraction of sp³-hybridized carbons (Fsp3) is 0.625. The lowest BCUT2D eigenvalue weighted by Crippen LogP contribution is -2.43. The van der Waals surface area contributed by atoms with Gasteiger partial charge in [0.05, 0.1) is 19.4 Å². The summed E-state index contributed by atoms with van der Waals surface area (Å²) in [5.74, 6) is 0.526. The molecule has 1 atom stereocenters. The molecule has 2 rings (SSSR count). The Labute approximate surface area is 130 Å². The third-order valence-corrected chi connectivity index (χ3v) is 3.81. The Hall–Kier alpha value is -1.82. The molecule has 0 aliphatic carbocycles. The average molecular weight is 308 g/mol. The van der Waals surface area contributed by atoms with Gasteiger partial charge in [-0.15, -0.1) is 0 Å². The molecule has 2 amide bonds. The monoisotopic (exact) mass is 308 g/mol. The van der Waals surface area contributed by atoms with Crippen LogP contribution in [0.2, 0.25) is 0 Å². The number of amides is 2. The van der Waals surface area contributed by atoms with Crippen LogP contribution in [-0.4, -0.2) is 43.5 Å². The van der Waals surface area contributed by atoms with Gasteiger partial charge in [0.1, 0.15) is 11.8 Å². The van der Waals surface area contributed by atoms with Crippen LogP contribution in [0.4, 0.5) is 0 Å². The fourth-order valence-corrected chi connectivity index (χ4v) is 2.65. The van der Waals surface area contributed by atoms with E-state index in [0.29, 0.717) is 25.3 Å². The zero-order valence-electron chi connectivity index (χ0n) is 13.0. The molecule has 1 aromatic heterocycles. The molecule has 0 spiro atoms. The minimum atomic E-state index is -0.336. The van der Waals surface area contributed by atoms with Crippen LogP contribution < -0.4 is 5.32 Å². The van der Waals surface area contributed by atoms with Gasteiger partial charge in [0.25, 0.3) is 0 Å². The van der Waals surface area contributed by atoms with Crippen molar-refractivity contribution in [2.75, 3.05) is 26.8 Å². The lowest BCUT2D eigenvalue weighted by Gasteiger charge is -2.25. The normalized spacial score (nSPS) is 17.7. The molecular weight excluding hydrogens is 284 g/mol. The standard InChI is InChI=1S/C16H24N2O4/c1-21-12-13(14-7-6-10-22-14)17-15(19)11-18-9-5-3-2-4-8-16(18)20/h6-7,10,13H,2-5,8-9,11-12H2,1H3,(H,17,19). The van der Waals surface area contributed by atoms with Crippen LogP contribution in [0.25, 0.3) is 0 Å². The number of hydrogen-bond donors (Lipinski definition) is 1. The van der Waals surface area contributed by atoms with Crippen molar-refractivity contribution >= 4 is 11.8 Å². The molecule has 1 N–H and O–H groups in total. The van der Waals surface area contributed by atoms with E-state index in [9.17, 15) is 9.59 Å². The van der Waals surface area contributed by atoms with Crippen LogP contribution in [-0.2, 0) is 14.3 Å². The average Bonchev–Trinajstić information content (AvgIpc) is 3.01. The van der Waals surface area contributed by atoms with Gasteiger partial charge in [0.15, 0.2) is 0 Å². The first-order chi connectivity index (χ1) is 10.7. The summed E-state index contributed by atoms with van der Waals surface area (Å²) >= 11 is 0. The van der Waals surface area contributed by atoms with E-state index in [2.05, 4.69) is 5.32 Å². The predicted octanol–water partition coefficient (Wildman–Crippen LogP) is 1.88. The molecule has 1 unspecified atom stereocenters. The molecule has 2 heterocycles. The first-order valence-electron chi connectivity index (χ1n) is 7.80. The van der Waals surface area contributed by atoms with Gasteiger partial charge >= 0.3 is 0 Å². The minimum absolute atomic E-state index is 0.0659. The first kappa shape index (κ1) is 16.5. The van der Waals surface area contributed by atoms with E-state index in [1.165, 1.54) is 0 Å². The number of carbonyl (C=O) groups is 2. The number of methoxy groups -OCH3 is 1. The number of nitrogens with zero attached hydrogens (tertiary/aromatic N) is 1. The summed E-state index contributed by atoms with van der Waals surface area (Å²) in [7, 11) is 1.57. The Morgan fingerprint density at radius 2 is 2.23 bits per heavy atom. The molecule has 0 bridgehead atoms. The zero-order valence-corrected chi connectivity index (χ0v) is 13.0. The van der Waals surface area contributed by atoms with Gasteiger partial charge in [-0.25, -0.2) is 0 Å². The molecule has 6 heteroatoms. The van der Waals surface area contributed by atoms with Crippen molar-refractivity contribution in [3.8, 4) is 0 Å². The number of rotatable bonds is 6. The molecule has 1 saturated heterocycles. The Morgan fingerprint density at radius 1 is 1.41 bits per heavy atom. The van der Waals surface area contributed by atoms with Gasteiger partial charge < -0.3 is 19.4 Å². The van der Waals surface area contributed by atoms with Crippen molar-refractivity contribution < 1.29 is 18.7 Å². The minimum Gasteiger partial charge on any atom is -0.467 e. The van der Waals surface area contributed by atoms with Gasteiger partial charge in [0, 0.05) is 20.1 Å². The highest BCUT2D eigenvalue weighted by atomic mass is 16.5. The second kappa shape index (κ2) is 8.58. The van der Waals surface area contributed by atoms with Gasteiger partial charge in [-0.2, -0.15) is 0 Å². The number of hydrogen-bond acceptors (Lipinski definition) is 4. The molecule has 1 fully saturated rings. The summed E-state index contributed by atoms with van der Waals surface area (Å²) < 4.78 is 10.4. The second-order valence-electron chi connectivity index (χ2n) is 5.57. The Kier molecular flexibility index (Phi) is 6.45. The molecule has 122 valence electrons. The number of likely N-dealkylation sites (tertiary alicyclic amines) is 1. The second-order valence-corrected chi connectivity index (χ2v) is 5.57. The number of nitrogens with one attached hydrogen (secondary N) is 1. The largest absolute Gasteiger partial charge is 0.467 e. The fourth-order valence-electron chi connectivity index (χ4n) is 2.65. The summed E-state index contributed by atoms with van der Waals surface area (Å²) in [4.78, 5) is 25.9. The van der Waals surface area contributed by atoms with Crippen molar-refractivity contribution in [1.82, 2.24) is 10.2 Å². The predicted molar refractivity (Wildman–Crippen MR) is 81.1 cm³/mol. The van der Waals surface area contributed by atoms with Gasteiger partial charge in [-0.1, -0.05) is 12.8 Å². The summed E-state index contributed by atoms with van der Waals surface area (Å²) in [6, 6.07) is 3.23. The van der Waals surface area contributed by atoms with Crippen LogP contribution in [0.3, 0.4) is 0 Å². The molecule has 1 aliphatic heterocycles. The summed E-state index contributed by atoms with van der Waals surface area (Å²) in [6.07, 6.45) is 6.18. The first-order valence-corrected chi connectivity index (χ1v) is 7.80. The molecule has 0 aromatic carbocycles. The van der Waals surface area contributed by atoms with Gasteiger partial charge in [-0.3, -0.25) is 9.59 Å². The lowest BCUT2D eigenvalue weighted by molar-refractivity contribution is -0.137. The highest BCUT2D eigenvalue weighted by Crippen LogP contribution is 2.15. The third kappa shape index (κ3) is 4.87. The van der Waals surface area contributed by atoms with E-state index in [1.807, 2.05) is 0 Å². The van der Waals surface area contributed by atoms with Crippen LogP contribution >= 0.6 is 0 Å². The van der Waals surface area contributed by atoms with E-state index in [0.717, 1.165) is 25.7 Å². The van der Waals surface area contributed by atoms with Gasteiger partial charge in [-0.05, 0) is 25.0 Å². The molecular formula is C16H24N2O4. The Morgan fingerprint density at radius 3 is 2.95 bits per heavy atom. The van der Waals surface area contributed by atoms with Crippen molar-refractivity contribution in [3.63, 3.8) is 0 Å². The zero-order chi connectivity index (χ0) is 15.8. The molecule has 6 nitrogen and oxygen atoms in total. The van der Waals surface area contributed by atoms with E-state index in [4.69, 9.17) is 9.15 Å². The maximum Gasteiger partial charge on any atom is 0.240 e. The summed E-state index contributed by atoms with van der Waals surface area (Å²) in [5.41, 5.74) is 0. The van der Waals surface area contributed by atoms with E-state index in [-0.39, 0.29) is 24.4 Å².